The third-order valence-electron chi connectivity index (χ3n) is 5.83. The summed E-state index contributed by atoms with van der Waals surface area (Å²) >= 11 is 7.00. The van der Waals surface area contributed by atoms with Gasteiger partial charge in [-0.15, -0.1) is 0 Å². The predicted octanol–water partition coefficient (Wildman–Crippen LogP) is 10.1. The van der Waals surface area contributed by atoms with E-state index in [0.717, 1.165) is 8.95 Å². The van der Waals surface area contributed by atoms with Gasteiger partial charge in [0.2, 0.25) is 0 Å². The molecule has 0 bridgehead atoms. The summed E-state index contributed by atoms with van der Waals surface area (Å²) in [6.07, 6.45) is 0. The van der Waals surface area contributed by atoms with E-state index in [1.54, 1.807) is 0 Å². The van der Waals surface area contributed by atoms with E-state index in [-0.39, 0.29) is 0 Å². The SMILES string of the molecule is Brc1ccc2cc3cc(Br)ccc3cc2c1.Cc1ccc2cc3cc(C)ccc3cc2c1. The highest BCUT2D eigenvalue weighted by Crippen LogP contribution is 2.27. The van der Waals surface area contributed by atoms with Crippen LogP contribution in [0.1, 0.15) is 11.1 Å². The molecule has 2 heteroatoms. The molecule has 0 heterocycles. The standard InChI is InChI=1S/C16H14.C14H8Br2/c1-11-3-5-13-10-16-8-12(2)4-6-14(16)9-15(13)7-11;15-13-3-1-9-5-12-8-14(16)4-2-10(12)6-11(9)7-13/h3-10H,1-2H3;1-8H. The van der Waals surface area contributed by atoms with E-state index in [1.165, 1.54) is 54.2 Å². The van der Waals surface area contributed by atoms with Gasteiger partial charge in [0, 0.05) is 8.95 Å². The zero-order chi connectivity index (χ0) is 22.2. The summed E-state index contributed by atoms with van der Waals surface area (Å²) in [6, 6.07) is 35.0. The fraction of sp³-hybridized carbons (Fsp3) is 0.0667. The van der Waals surface area contributed by atoms with Gasteiger partial charge in [-0.05, 0) is 105 Å². The van der Waals surface area contributed by atoms with Crippen molar-refractivity contribution in [3.8, 4) is 0 Å². The van der Waals surface area contributed by atoms with Crippen molar-refractivity contribution >= 4 is 74.9 Å². The lowest BCUT2D eigenvalue weighted by molar-refractivity contribution is 1.50. The van der Waals surface area contributed by atoms with Crippen LogP contribution in [0.2, 0.25) is 0 Å². The minimum Gasteiger partial charge on any atom is -0.0587 e. The van der Waals surface area contributed by atoms with E-state index < -0.39 is 0 Å². The summed E-state index contributed by atoms with van der Waals surface area (Å²) in [5.41, 5.74) is 2.64. The van der Waals surface area contributed by atoms with E-state index >= 15 is 0 Å². The van der Waals surface area contributed by atoms with Gasteiger partial charge < -0.3 is 0 Å². The highest BCUT2D eigenvalue weighted by molar-refractivity contribution is 9.10. The van der Waals surface area contributed by atoms with Crippen LogP contribution in [-0.2, 0) is 0 Å². The highest BCUT2D eigenvalue weighted by Gasteiger charge is 2.00. The maximum absolute atomic E-state index is 3.50. The highest BCUT2D eigenvalue weighted by atomic mass is 79.9. The van der Waals surface area contributed by atoms with Crippen LogP contribution in [0.15, 0.2) is 106 Å². The van der Waals surface area contributed by atoms with Gasteiger partial charge in [-0.1, -0.05) is 91.5 Å². The Morgan fingerprint density at radius 2 is 0.656 bits per heavy atom. The Hall–Kier alpha value is -2.68. The summed E-state index contributed by atoms with van der Waals surface area (Å²) in [5, 5.41) is 10.4. The predicted molar refractivity (Wildman–Crippen MR) is 148 cm³/mol. The minimum absolute atomic E-state index is 1.12. The number of aryl methyl sites for hydroxylation is 2. The fourth-order valence-electron chi connectivity index (χ4n) is 4.18. The zero-order valence-corrected chi connectivity index (χ0v) is 21.2. The van der Waals surface area contributed by atoms with Crippen molar-refractivity contribution in [2.45, 2.75) is 13.8 Å². The van der Waals surface area contributed by atoms with Crippen molar-refractivity contribution in [2.75, 3.05) is 0 Å². The monoisotopic (exact) mass is 540 g/mol. The summed E-state index contributed by atoms with van der Waals surface area (Å²) in [7, 11) is 0. The first-order valence-electron chi connectivity index (χ1n) is 10.6. The first-order chi connectivity index (χ1) is 15.4. The molecule has 6 aromatic carbocycles. The number of hydrogen-bond acceptors (Lipinski definition) is 0. The van der Waals surface area contributed by atoms with Gasteiger partial charge in [0.1, 0.15) is 0 Å². The molecule has 0 nitrogen and oxygen atoms in total. The molecule has 0 spiro atoms. The molecule has 0 fully saturated rings. The Morgan fingerprint density at radius 1 is 0.344 bits per heavy atom. The molecule has 0 aliphatic rings. The molecule has 0 aromatic heterocycles. The smallest absolute Gasteiger partial charge is 0.0181 e. The molecule has 0 N–H and O–H groups in total. The number of fused-ring (bicyclic) bond motifs is 4. The molecule has 6 aromatic rings. The molecule has 6 rings (SSSR count). The largest absolute Gasteiger partial charge is 0.0587 e. The second-order valence-electron chi connectivity index (χ2n) is 8.39. The Bertz CT molecular complexity index is 1370. The quantitative estimate of drug-likeness (QED) is 0.168. The fourth-order valence-corrected chi connectivity index (χ4v) is 4.93. The van der Waals surface area contributed by atoms with Crippen LogP contribution in [0.4, 0.5) is 0 Å². The maximum Gasteiger partial charge on any atom is 0.0181 e. The van der Waals surface area contributed by atoms with Crippen LogP contribution in [-0.4, -0.2) is 0 Å². The van der Waals surface area contributed by atoms with Crippen molar-refractivity contribution in [3.05, 3.63) is 117 Å². The van der Waals surface area contributed by atoms with Gasteiger partial charge in [0.25, 0.3) is 0 Å². The lowest BCUT2D eigenvalue weighted by Gasteiger charge is -2.04. The first-order valence-corrected chi connectivity index (χ1v) is 12.2. The zero-order valence-electron chi connectivity index (χ0n) is 18.0. The molecule has 0 radical (unpaired) electrons. The molecular weight excluding hydrogens is 520 g/mol. The Kier molecular flexibility index (Phi) is 5.75. The van der Waals surface area contributed by atoms with Crippen LogP contribution < -0.4 is 0 Å². The Balaban J connectivity index is 0.000000135. The minimum atomic E-state index is 1.12. The third kappa shape index (κ3) is 4.44. The van der Waals surface area contributed by atoms with E-state index in [0.29, 0.717) is 0 Å². The maximum atomic E-state index is 3.50. The second-order valence-corrected chi connectivity index (χ2v) is 10.2. The van der Waals surface area contributed by atoms with Crippen molar-refractivity contribution in [2.24, 2.45) is 0 Å². The number of rotatable bonds is 0. The van der Waals surface area contributed by atoms with Crippen LogP contribution >= 0.6 is 31.9 Å². The molecule has 156 valence electrons. The lowest BCUT2D eigenvalue weighted by atomic mass is 10.0. The van der Waals surface area contributed by atoms with Gasteiger partial charge in [-0.3, -0.25) is 0 Å². The van der Waals surface area contributed by atoms with Gasteiger partial charge in [-0.25, -0.2) is 0 Å². The molecule has 0 saturated carbocycles. The topological polar surface area (TPSA) is 0 Å². The molecule has 0 atom stereocenters. The number of hydrogen-bond donors (Lipinski definition) is 0. The lowest BCUT2D eigenvalue weighted by Crippen LogP contribution is -1.79. The van der Waals surface area contributed by atoms with Crippen LogP contribution in [0.5, 0.6) is 0 Å². The van der Waals surface area contributed by atoms with Gasteiger partial charge >= 0.3 is 0 Å². The van der Waals surface area contributed by atoms with E-state index in [2.05, 4.69) is 143 Å². The molecule has 0 unspecified atom stereocenters. The first kappa shape index (κ1) is 21.2. The van der Waals surface area contributed by atoms with Gasteiger partial charge in [-0.2, -0.15) is 0 Å². The third-order valence-corrected chi connectivity index (χ3v) is 6.81. The van der Waals surface area contributed by atoms with Gasteiger partial charge in [0.15, 0.2) is 0 Å². The molecular formula is C30H22Br2. The summed E-state index contributed by atoms with van der Waals surface area (Å²) < 4.78 is 2.24. The average molecular weight is 542 g/mol. The second kappa shape index (κ2) is 8.69. The van der Waals surface area contributed by atoms with E-state index in [9.17, 15) is 0 Å². The van der Waals surface area contributed by atoms with Crippen LogP contribution in [0.3, 0.4) is 0 Å². The van der Waals surface area contributed by atoms with Crippen molar-refractivity contribution in [1.29, 1.82) is 0 Å². The molecule has 32 heavy (non-hydrogen) atoms. The molecule has 0 amide bonds. The summed E-state index contributed by atoms with van der Waals surface area (Å²) in [5.74, 6) is 0. The van der Waals surface area contributed by atoms with Gasteiger partial charge in [0.05, 0.1) is 0 Å². The molecule has 0 saturated heterocycles. The van der Waals surface area contributed by atoms with Crippen LogP contribution in [0.25, 0.3) is 43.1 Å². The average Bonchev–Trinajstić information content (AvgIpc) is 2.77. The molecule has 0 aliphatic carbocycles. The number of halogens is 2. The Morgan fingerprint density at radius 3 is 1.03 bits per heavy atom. The molecule has 0 aliphatic heterocycles. The normalized spacial score (nSPS) is 11.1. The number of benzene rings is 6. The Labute approximate surface area is 205 Å². The summed E-state index contributed by atoms with van der Waals surface area (Å²) in [4.78, 5) is 0. The van der Waals surface area contributed by atoms with Crippen molar-refractivity contribution < 1.29 is 0 Å². The van der Waals surface area contributed by atoms with E-state index in [4.69, 9.17) is 0 Å². The van der Waals surface area contributed by atoms with Crippen LogP contribution in [0, 0.1) is 13.8 Å². The van der Waals surface area contributed by atoms with Crippen molar-refractivity contribution in [3.63, 3.8) is 0 Å². The summed E-state index contributed by atoms with van der Waals surface area (Å²) in [6.45, 7) is 4.28. The van der Waals surface area contributed by atoms with E-state index in [1.807, 2.05) is 0 Å². The van der Waals surface area contributed by atoms with Crippen molar-refractivity contribution in [1.82, 2.24) is 0 Å².